The molecule has 0 radical (unpaired) electrons. The van der Waals surface area contributed by atoms with E-state index < -0.39 is 23.9 Å². The molecule has 7 nitrogen and oxygen atoms in total. The Bertz CT molecular complexity index is 864. The Morgan fingerprint density at radius 2 is 1.79 bits per heavy atom. The first-order valence-corrected chi connectivity index (χ1v) is 11.8. The van der Waals surface area contributed by atoms with Gasteiger partial charge in [0.2, 0.25) is 5.91 Å². The molecule has 1 atom stereocenters. The average molecular weight is 468 g/mol. The summed E-state index contributed by atoms with van der Waals surface area (Å²) in [4.78, 5) is 34.5. The van der Waals surface area contributed by atoms with E-state index in [1.165, 1.54) is 55.8 Å². The first-order chi connectivity index (χ1) is 15.7. The zero-order valence-electron chi connectivity index (χ0n) is 19.0. The maximum Gasteiger partial charge on any atom is 0.433 e. The minimum absolute atomic E-state index is 0.137. The van der Waals surface area contributed by atoms with Gasteiger partial charge in [-0.1, -0.05) is 6.07 Å². The molecule has 1 aromatic rings. The fourth-order valence-electron chi connectivity index (χ4n) is 4.84. The van der Waals surface area contributed by atoms with Gasteiger partial charge < -0.3 is 14.7 Å². The van der Waals surface area contributed by atoms with E-state index in [1.54, 1.807) is 11.8 Å². The van der Waals surface area contributed by atoms with Crippen LogP contribution in [0.3, 0.4) is 0 Å². The van der Waals surface area contributed by atoms with Crippen LogP contribution >= 0.6 is 0 Å². The first kappa shape index (κ1) is 23.8. The molecule has 1 aliphatic carbocycles. The van der Waals surface area contributed by atoms with Crippen LogP contribution in [0.5, 0.6) is 0 Å². The Morgan fingerprint density at radius 3 is 2.45 bits per heavy atom. The largest absolute Gasteiger partial charge is 0.433 e. The van der Waals surface area contributed by atoms with Crippen molar-refractivity contribution in [2.24, 2.45) is 5.41 Å². The van der Waals surface area contributed by atoms with Gasteiger partial charge in [0.15, 0.2) is 0 Å². The lowest BCUT2D eigenvalue weighted by Gasteiger charge is -2.39. The second-order valence-electron chi connectivity index (χ2n) is 9.58. The average Bonchev–Trinajstić information content (AvgIpc) is 3.54. The second kappa shape index (κ2) is 9.48. The molecule has 1 aromatic heterocycles. The molecule has 0 aromatic carbocycles. The number of hydrogen-bond acceptors (Lipinski definition) is 4. The number of alkyl halides is 3. The highest BCUT2D eigenvalue weighted by Crippen LogP contribution is 2.53. The summed E-state index contributed by atoms with van der Waals surface area (Å²) in [6.45, 7) is 6.48. The van der Waals surface area contributed by atoms with Crippen molar-refractivity contribution < 1.29 is 22.8 Å². The third-order valence-corrected chi connectivity index (χ3v) is 7.31. The number of aromatic nitrogens is 1. The van der Waals surface area contributed by atoms with Gasteiger partial charge in [-0.25, -0.2) is 9.78 Å². The summed E-state index contributed by atoms with van der Waals surface area (Å²) in [5.41, 5.74) is -0.395. The summed E-state index contributed by atoms with van der Waals surface area (Å²) in [5.74, 6) is -0.329. The molecule has 3 fully saturated rings. The summed E-state index contributed by atoms with van der Waals surface area (Å²) in [6.07, 6.45) is 2.81. The molecule has 2 aliphatic heterocycles. The third-order valence-electron chi connectivity index (χ3n) is 7.31. The Kier molecular flexibility index (Phi) is 6.83. The summed E-state index contributed by atoms with van der Waals surface area (Å²) in [6, 6.07) is 2.02. The summed E-state index contributed by atoms with van der Waals surface area (Å²) in [5, 5.41) is 2.39. The number of urea groups is 1. The Labute approximate surface area is 192 Å². The van der Waals surface area contributed by atoms with Crippen LogP contribution in [0, 0.1) is 5.41 Å². The SMILES string of the molecule is CC1C(=O)N(CCCCN2CCC3(CC2)CC3)CCN1C(=O)Nc1cccc(C(F)(F)F)n1. The Hall–Kier alpha value is -2.36. The zero-order chi connectivity index (χ0) is 23.6. The van der Waals surface area contributed by atoms with Gasteiger partial charge in [-0.3, -0.25) is 10.1 Å². The van der Waals surface area contributed by atoms with Crippen molar-refractivity contribution in [1.29, 1.82) is 0 Å². The van der Waals surface area contributed by atoms with Gasteiger partial charge in [0.05, 0.1) is 0 Å². The predicted octanol–water partition coefficient (Wildman–Crippen LogP) is 3.82. The molecule has 3 amide bonds. The van der Waals surface area contributed by atoms with Gasteiger partial charge in [-0.05, 0) is 82.6 Å². The predicted molar refractivity (Wildman–Crippen MR) is 118 cm³/mol. The van der Waals surface area contributed by atoms with Gasteiger partial charge in [-0.15, -0.1) is 0 Å². The number of carbonyl (C=O) groups is 2. The lowest BCUT2D eigenvalue weighted by molar-refractivity contribution is -0.141. The summed E-state index contributed by atoms with van der Waals surface area (Å²) < 4.78 is 38.5. The van der Waals surface area contributed by atoms with Crippen molar-refractivity contribution in [2.45, 2.75) is 57.7 Å². The highest BCUT2D eigenvalue weighted by molar-refractivity contribution is 5.93. The maximum absolute atomic E-state index is 12.8. The van der Waals surface area contributed by atoms with Crippen LogP contribution < -0.4 is 5.32 Å². The molecule has 0 bridgehead atoms. The van der Waals surface area contributed by atoms with Crippen molar-refractivity contribution >= 4 is 17.8 Å². The molecule has 1 N–H and O–H groups in total. The molecule has 3 aliphatic rings. The van der Waals surface area contributed by atoms with Crippen molar-refractivity contribution in [2.75, 3.05) is 44.6 Å². The maximum atomic E-state index is 12.8. The molecule has 182 valence electrons. The number of hydrogen-bond donors (Lipinski definition) is 1. The van der Waals surface area contributed by atoms with E-state index in [1.807, 2.05) is 0 Å². The zero-order valence-corrected chi connectivity index (χ0v) is 19.0. The van der Waals surface area contributed by atoms with Crippen LogP contribution in [0.2, 0.25) is 0 Å². The quantitative estimate of drug-likeness (QED) is 0.646. The smallest absolute Gasteiger partial charge is 0.339 e. The molecule has 1 unspecified atom stereocenters. The molecule has 10 heteroatoms. The van der Waals surface area contributed by atoms with Crippen LogP contribution in [0.25, 0.3) is 0 Å². The Morgan fingerprint density at radius 1 is 1.09 bits per heavy atom. The van der Waals surface area contributed by atoms with Gasteiger partial charge in [0.1, 0.15) is 17.6 Å². The lowest BCUT2D eigenvalue weighted by atomic mass is 9.93. The van der Waals surface area contributed by atoms with Gasteiger partial charge in [0, 0.05) is 19.6 Å². The fraction of sp³-hybridized carbons (Fsp3) is 0.696. The van der Waals surface area contributed by atoms with Crippen LogP contribution in [0.15, 0.2) is 18.2 Å². The first-order valence-electron chi connectivity index (χ1n) is 11.8. The summed E-state index contributed by atoms with van der Waals surface area (Å²) in [7, 11) is 0. The molecule has 1 spiro atoms. The van der Waals surface area contributed by atoms with Crippen LogP contribution in [-0.4, -0.2) is 76.9 Å². The van der Waals surface area contributed by atoms with Crippen molar-refractivity contribution in [3.8, 4) is 0 Å². The second-order valence-corrected chi connectivity index (χ2v) is 9.58. The number of amides is 3. The van der Waals surface area contributed by atoms with E-state index in [-0.39, 0.29) is 11.7 Å². The molecule has 3 heterocycles. The topological polar surface area (TPSA) is 68.8 Å². The van der Waals surface area contributed by atoms with Gasteiger partial charge >= 0.3 is 12.2 Å². The summed E-state index contributed by atoms with van der Waals surface area (Å²) >= 11 is 0. The molecule has 33 heavy (non-hydrogen) atoms. The molecular weight excluding hydrogens is 435 g/mol. The number of piperidine rings is 1. The normalized spacial score (nSPS) is 23.2. The number of unbranched alkanes of at least 4 members (excludes halogenated alkanes) is 1. The number of pyridine rings is 1. The number of likely N-dealkylation sites (tertiary alicyclic amines) is 1. The number of halogens is 3. The van der Waals surface area contributed by atoms with E-state index in [0.717, 1.165) is 25.5 Å². The van der Waals surface area contributed by atoms with Crippen LogP contribution in [0.1, 0.15) is 51.1 Å². The highest BCUT2D eigenvalue weighted by Gasteiger charge is 2.44. The van der Waals surface area contributed by atoms with Gasteiger partial charge in [-0.2, -0.15) is 13.2 Å². The van der Waals surface area contributed by atoms with Gasteiger partial charge in [0.25, 0.3) is 0 Å². The van der Waals surface area contributed by atoms with E-state index >= 15 is 0 Å². The molecule has 4 rings (SSSR count). The van der Waals surface area contributed by atoms with E-state index in [9.17, 15) is 22.8 Å². The number of rotatable bonds is 6. The lowest BCUT2D eigenvalue weighted by Crippen LogP contribution is -2.58. The van der Waals surface area contributed by atoms with Crippen molar-refractivity contribution in [1.82, 2.24) is 19.7 Å². The minimum Gasteiger partial charge on any atom is -0.339 e. The van der Waals surface area contributed by atoms with Crippen molar-refractivity contribution in [3.05, 3.63) is 23.9 Å². The van der Waals surface area contributed by atoms with Crippen LogP contribution in [0.4, 0.5) is 23.8 Å². The number of piperazine rings is 1. The third kappa shape index (κ3) is 5.77. The minimum atomic E-state index is -4.59. The molecule has 2 saturated heterocycles. The molecular formula is C23H32F3N5O2. The van der Waals surface area contributed by atoms with E-state index in [4.69, 9.17) is 0 Å². The standard InChI is InChI=1S/C23H32F3N5O2/c1-17-20(32)30(12-3-2-11-29-13-9-22(7-8-22)10-14-29)15-16-31(17)21(33)28-19-6-4-5-18(27-19)23(24,25)26/h4-6,17H,2-3,7-16H2,1H3,(H,27,28,33). The van der Waals surface area contributed by atoms with Crippen LogP contribution in [-0.2, 0) is 11.0 Å². The van der Waals surface area contributed by atoms with E-state index in [0.29, 0.717) is 25.0 Å². The number of anilines is 1. The highest BCUT2D eigenvalue weighted by atomic mass is 19.4. The van der Waals surface area contributed by atoms with Crippen molar-refractivity contribution in [3.63, 3.8) is 0 Å². The molecule has 1 saturated carbocycles. The van der Waals surface area contributed by atoms with E-state index in [2.05, 4.69) is 15.2 Å². The number of nitrogens with zero attached hydrogens (tertiary/aromatic N) is 4. The number of nitrogens with one attached hydrogen (secondary N) is 1. The Balaban J connectivity index is 1.20. The fourth-order valence-corrected chi connectivity index (χ4v) is 4.84. The number of carbonyl (C=O) groups excluding carboxylic acids is 2. The monoisotopic (exact) mass is 467 g/mol.